The summed E-state index contributed by atoms with van der Waals surface area (Å²) in [4.78, 5) is 28.6. The number of urea groups is 1. The van der Waals surface area contributed by atoms with Gasteiger partial charge in [-0.3, -0.25) is 9.69 Å². The maximum atomic E-state index is 14.1. The summed E-state index contributed by atoms with van der Waals surface area (Å²) in [7, 11) is 0. The van der Waals surface area contributed by atoms with Crippen molar-refractivity contribution in [2.24, 2.45) is 0 Å². The van der Waals surface area contributed by atoms with Crippen LogP contribution in [0.15, 0.2) is 60.2 Å². The van der Waals surface area contributed by atoms with Crippen molar-refractivity contribution >= 4 is 17.5 Å². The van der Waals surface area contributed by atoms with E-state index in [-0.39, 0.29) is 43.8 Å². The molecule has 5 rings (SSSR count). The summed E-state index contributed by atoms with van der Waals surface area (Å²) < 4.78 is 59.8. The molecule has 3 amide bonds. The Morgan fingerprint density at radius 2 is 1.79 bits per heavy atom. The third kappa shape index (κ3) is 7.12. The molecule has 1 unspecified atom stereocenters. The van der Waals surface area contributed by atoms with Gasteiger partial charge in [0.05, 0.1) is 18.8 Å². The van der Waals surface area contributed by atoms with Crippen molar-refractivity contribution < 1.29 is 37.0 Å². The molecular weight excluding hydrogens is 609 g/mol. The van der Waals surface area contributed by atoms with Crippen molar-refractivity contribution in [1.82, 2.24) is 10.2 Å². The highest BCUT2D eigenvalue weighted by molar-refractivity contribution is 6.10. The first-order chi connectivity index (χ1) is 22.6. The Morgan fingerprint density at radius 1 is 1.02 bits per heavy atom. The summed E-state index contributed by atoms with van der Waals surface area (Å²) >= 11 is 0. The Morgan fingerprint density at radius 3 is 2.47 bits per heavy atom. The predicted octanol–water partition coefficient (Wildman–Crippen LogP) is 8.09. The number of aryl methyl sites for hydroxylation is 2. The van der Waals surface area contributed by atoms with E-state index < -0.39 is 23.3 Å². The number of nitrogens with one attached hydrogen (secondary N) is 1. The number of hydrogen-bond donors (Lipinski definition) is 1. The summed E-state index contributed by atoms with van der Waals surface area (Å²) in [5.41, 5.74) is 1.78. The molecule has 0 saturated carbocycles. The van der Waals surface area contributed by atoms with E-state index in [9.17, 15) is 22.8 Å². The van der Waals surface area contributed by atoms with Crippen LogP contribution in [-0.2, 0) is 27.9 Å². The number of halogens is 3. The normalized spacial score (nSPS) is 19.7. The van der Waals surface area contributed by atoms with Gasteiger partial charge in [0, 0.05) is 17.7 Å². The van der Waals surface area contributed by atoms with Crippen LogP contribution in [0.3, 0.4) is 0 Å². The summed E-state index contributed by atoms with van der Waals surface area (Å²) in [5.74, 6) is 0.372. The predicted molar refractivity (Wildman–Crippen MR) is 174 cm³/mol. The maximum Gasteiger partial charge on any atom is 0.416 e. The third-order valence-electron chi connectivity index (χ3n) is 8.75. The van der Waals surface area contributed by atoms with Gasteiger partial charge in [-0.25, -0.2) is 4.79 Å². The number of nitrogens with zero attached hydrogens (tertiary/aromatic N) is 1. The van der Waals surface area contributed by atoms with Crippen LogP contribution in [0.4, 0.5) is 18.0 Å². The number of hydrogen-bond acceptors (Lipinski definition) is 5. The fourth-order valence-electron chi connectivity index (χ4n) is 6.49. The van der Waals surface area contributed by atoms with Crippen molar-refractivity contribution in [2.75, 3.05) is 26.6 Å². The van der Waals surface area contributed by atoms with Gasteiger partial charge < -0.3 is 19.5 Å². The molecule has 7 nitrogen and oxygen atoms in total. The van der Waals surface area contributed by atoms with E-state index in [1.807, 2.05) is 63.3 Å². The van der Waals surface area contributed by atoms with Gasteiger partial charge in [0.15, 0.2) is 12.3 Å². The molecule has 1 aliphatic carbocycles. The second-order valence-corrected chi connectivity index (χ2v) is 12.2. The van der Waals surface area contributed by atoms with Gasteiger partial charge in [0.1, 0.15) is 11.5 Å². The van der Waals surface area contributed by atoms with Crippen molar-refractivity contribution in [3.63, 3.8) is 0 Å². The average molecular weight is 653 g/mol. The van der Waals surface area contributed by atoms with E-state index in [2.05, 4.69) is 5.32 Å². The fourth-order valence-corrected chi connectivity index (χ4v) is 6.49. The molecule has 252 valence electrons. The van der Waals surface area contributed by atoms with Crippen molar-refractivity contribution in [3.05, 3.63) is 88.0 Å². The van der Waals surface area contributed by atoms with Crippen LogP contribution in [0.5, 0.6) is 11.5 Å². The summed E-state index contributed by atoms with van der Waals surface area (Å²) in [6.45, 7) is 5.99. The Bertz CT molecular complexity index is 1560. The number of amides is 3. The minimum absolute atomic E-state index is 0.0126. The fraction of sp³-hybridized carbons (Fsp3) is 0.459. The highest BCUT2D eigenvalue weighted by atomic mass is 19.4. The number of ether oxygens (including phenoxy) is 3. The first kappa shape index (κ1) is 34.3. The second kappa shape index (κ2) is 14.8. The van der Waals surface area contributed by atoms with Crippen LogP contribution in [0.25, 0.3) is 5.57 Å². The summed E-state index contributed by atoms with van der Waals surface area (Å²) in [5, 5.41) is 3.01. The zero-order chi connectivity index (χ0) is 33.6. The van der Waals surface area contributed by atoms with E-state index in [4.69, 9.17) is 14.2 Å². The van der Waals surface area contributed by atoms with E-state index in [1.165, 1.54) is 4.90 Å². The molecule has 2 aromatic rings. The number of fused-ring (bicyclic) bond motifs is 1. The maximum absolute atomic E-state index is 14.1. The molecule has 0 aromatic heterocycles. The average Bonchev–Trinajstić information content (AvgIpc) is 3.29. The number of carbonyl (C=O) groups excluding carboxylic acids is 2. The molecule has 2 aromatic carbocycles. The van der Waals surface area contributed by atoms with Crippen LogP contribution in [0, 0.1) is 6.92 Å². The lowest BCUT2D eigenvalue weighted by Gasteiger charge is -2.30. The van der Waals surface area contributed by atoms with Crippen LogP contribution in [0.1, 0.15) is 80.2 Å². The van der Waals surface area contributed by atoms with Gasteiger partial charge >= 0.3 is 12.2 Å². The summed E-state index contributed by atoms with van der Waals surface area (Å²) in [6, 6.07) is 8.76. The van der Waals surface area contributed by atoms with Gasteiger partial charge in [-0.2, -0.15) is 13.2 Å². The molecule has 0 spiro atoms. The smallest absolute Gasteiger partial charge is 0.416 e. The van der Waals surface area contributed by atoms with Crippen molar-refractivity contribution in [1.29, 1.82) is 0 Å². The highest BCUT2D eigenvalue weighted by Gasteiger charge is 2.54. The number of benzene rings is 2. The van der Waals surface area contributed by atoms with Gasteiger partial charge in [-0.05, 0) is 74.3 Å². The molecule has 3 aliphatic rings. The molecule has 1 fully saturated rings. The Labute approximate surface area is 274 Å². The van der Waals surface area contributed by atoms with Crippen molar-refractivity contribution in [2.45, 2.75) is 83.9 Å². The van der Waals surface area contributed by atoms with Crippen LogP contribution in [0.2, 0.25) is 0 Å². The van der Waals surface area contributed by atoms with E-state index in [1.54, 1.807) is 6.07 Å². The second-order valence-electron chi connectivity index (χ2n) is 12.2. The molecule has 1 atom stereocenters. The number of carbonyl (C=O) groups is 2. The zero-order valence-corrected chi connectivity index (χ0v) is 27.3. The molecule has 47 heavy (non-hydrogen) atoms. The lowest BCUT2D eigenvalue weighted by molar-refractivity contribution is -0.130. The molecule has 0 radical (unpaired) electrons. The van der Waals surface area contributed by atoms with Crippen LogP contribution in [-0.4, -0.2) is 49.6 Å². The van der Waals surface area contributed by atoms with Crippen molar-refractivity contribution in [3.8, 4) is 11.5 Å². The molecule has 2 aliphatic heterocycles. The van der Waals surface area contributed by atoms with E-state index in [0.717, 1.165) is 36.5 Å². The Kier molecular flexibility index (Phi) is 10.8. The Balaban J connectivity index is 1.34. The number of allylic oxidation sites excluding steroid dienone is 3. The number of imide groups is 1. The summed E-state index contributed by atoms with van der Waals surface area (Å²) in [6.07, 6.45) is 7.52. The lowest BCUT2D eigenvalue weighted by atomic mass is 9.80. The standard InChI is InChI=1S/C37H43F3N2O5/c1-4-11-26-23-30-31(37(38,39)40)19-22-45-24-47-33(30)29(12-5-2)32(26)46-21-10-9-20-42-34(43)36(41-35(42)44,27-13-7-6-8-14-27)28-17-15-25(3)16-18-28/h7,13-19,23H,4-6,8-12,20-22,24H2,1-3H3,(H,41,44). The lowest BCUT2D eigenvalue weighted by Crippen LogP contribution is -2.45. The quantitative estimate of drug-likeness (QED) is 0.185. The van der Waals surface area contributed by atoms with Gasteiger partial charge in [-0.1, -0.05) is 74.7 Å². The molecule has 0 bridgehead atoms. The number of alkyl halides is 3. The van der Waals surface area contributed by atoms with E-state index >= 15 is 0 Å². The highest BCUT2D eigenvalue weighted by Crippen LogP contribution is 2.46. The van der Waals surface area contributed by atoms with Crippen LogP contribution >= 0.6 is 0 Å². The Hall–Kier alpha value is -4.05. The minimum Gasteiger partial charge on any atom is -0.493 e. The molecule has 1 saturated heterocycles. The molecule has 2 heterocycles. The molecular formula is C37H43F3N2O5. The zero-order valence-electron chi connectivity index (χ0n) is 27.3. The van der Waals surface area contributed by atoms with Crippen LogP contribution < -0.4 is 14.8 Å². The van der Waals surface area contributed by atoms with Gasteiger partial charge in [-0.15, -0.1) is 0 Å². The number of rotatable bonds is 12. The topological polar surface area (TPSA) is 77.1 Å². The SMILES string of the molecule is CCCc1cc2c(c(CCC)c1OCCCCN1C(=O)NC(C3=CCCC=C3)(c3ccc(C)cc3)C1=O)OCOCC=C2C(F)(F)F. The molecule has 10 heteroatoms. The van der Waals surface area contributed by atoms with Gasteiger partial charge in [0.25, 0.3) is 5.91 Å². The first-order valence-electron chi connectivity index (χ1n) is 16.5. The monoisotopic (exact) mass is 652 g/mol. The molecule has 1 N–H and O–H groups in total. The minimum atomic E-state index is -4.58. The number of unbranched alkanes of at least 4 members (excludes halogenated alkanes) is 1. The first-order valence-corrected chi connectivity index (χ1v) is 16.5. The van der Waals surface area contributed by atoms with E-state index in [0.29, 0.717) is 54.5 Å². The largest absolute Gasteiger partial charge is 0.493 e. The van der Waals surface area contributed by atoms with Gasteiger partial charge in [0.2, 0.25) is 0 Å². The third-order valence-corrected chi connectivity index (χ3v) is 8.75.